The van der Waals surface area contributed by atoms with E-state index in [-0.39, 0.29) is 5.76 Å². The molecule has 4 nitrogen and oxygen atoms in total. The Labute approximate surface area is 113 Å². The highest BCUT2D eigenvalue weighted by Gasteiger charge is 2.05. The fraction of sp³-hybridized carbons (Fsp3) is 0. The molecule has 0 bridgehead atoms. The zero-order chi connectivity index (χ0) is 13.0. The minimum atomic E-state index is -0.420. The van der Waals surface area contributed by atoms with Gasteiger partial charge in [-0.3, -0.25) is 4.79 Å². The summed E-state index contributed by atoms with van der Waals surface area (Å²) in [6, 6.07) is 8.20. The fourth-order valence-electron chi connectivity index (χ4n) is 1.22. The summed E-state index contributed by atoms with van der Waals surface area (Å²) >= 11 is 11.6. The van der Waals surface area contributed by atoms with Crippen molar-refractivity contribution in [3.8, 4) is 0 Å². The number of carbonyl (C=O) groups is 1. The van der Waals surface area contributed by atoms with Gasteiger partial charge in [-0.2, -0.15) is 5.10 Å². The van der Waals surface area contributed by atoms with E-state index in [2.05, 4.69) is 10.5 Å². The van der Waals surface area contributed by atoms with Gasteiger partial charge in [-0.1, -0.05) is 29.3 Å². The Bertz CT molecular complexity index is 580. The van der Waals surface area contributed by atoms with Crippen molar-refractivity contribution in [1.82, 2.24) is 5.43 Å². The van der Waals surface area contributed by atoms with E-state index in [1.165, 1.54) is 12.5 Å². The highest BCUT2D eigenvalue weighted by Crippen LogP contribution is 2.21. The van der Waals surface area contributed by atoms with E-state index in [4.69, 9.17) is 27.6 Å². The smallest absolute Gasteiger partial charge is 0.307 e. The molecule has 1 amide bonds. The standard InChI is InChI=1S/C12H8Cl2N2O2/c13-9-4-3-8(6-10(9)14)7-15-16-12(17)11-2-1-5-18-11/h1-7H,(H,16,17). The number of carbonyl (C=O) groups excluding carboxylic acids is 1. The zero-order valence-corrected chi connectivity index (χ0v) is 10.6. The van der Waals surface area contributed by atoms with Crippen LogP contribution in [0.1, 0.15) is 16.1 Å². The number of hydrazone groups is 1. The van der Waals surface area contributed by atoms with Crippen LogP contribution in [0, 0.1) is 0 Å². The molecule has 0 fully saturated rings. The summed E-state index contributed by atoms with van der Waals surface area (Å²) in [6.07, 6.45) is 2.88. The van der Waals surface area contributed by atoms with Crippen LogP contribution in [0.25, 0.3) is 0 Å². The van der Waals surface area contributed by atoms with Gasteiger partial charge in [-0.15, -0.1) is 0 Å². The van der Waals surface area contributed by atoms with Gasteiger partial charge in [0.15, 0.2) is 5.76 Å². The van der Waals surface area contributed by atoms with Crippen LogP contribution in [-0.2, 0) is 0 Å². The first kappa shape index (κ1) is 12.7. The van der Waals surface area contributed by atoms with E-state index >= 15 is 0 Å². The van der Waals surface area contributed by atoms with Crippen molar-refractivity contribution in [2.45, 2.75) is 0 Å². The third-order valence-corrected chi connectivity index (χ3v) is 2.81. The molecule has 0 atom stereocenters. The van der Waals surface area contributed by atoms with Crippen molar-refractivity contribution in [1.29, 1.82) is 0 Å². The van der Waals surface area contributed by atoms with Gasteiger partial charge in [-0.05, 0) is 29.8 Å². The van der Waals surface area contributed by atoms with Crippen LogP contribution >= 0.6 is 23.2 Å². The highest BCUT2D eigenvalue weighted by atomic mass is 35.5. The third kappa shape index (κ3) is 3.12. The monoisotopic (exact) mass is 282 g/mol. The molecule has 0 saturated carbocycles. The van der Waals surface area contributed by atoms with Crippen LogP contribution in [0.3, 0.4) is 0 Å². The van der Waals surface area contributed by atoms with Crippen LogP contribution in [0.2, 0.25) is 10.0 Å². The lowest BCUT2D eigenvalue weighted by molar-refractivity contribution is 0.0927. The van der Waals surface area contributed by atoms with E-state index in [1.54, 1.807) is 30.3 Å². The Morgan fingerprint density at radius 1 is 1.28 bits per heavy atom. The van der Waals surface area contributed by atoms with Crippen molar-refractivity contribution in [2.75, 3.05) is 0 Å². The Kier molecular flexibility index (Phi) is 4.02. The lowest BCUT2D eigenvalue weighted by atomic mass is 10.2. The summed E-state index contributed by atoms with van der Waals surface area (Å²) in [5, 5.41) is 4.68. The SMILES string of the molecule is O=C(NN=Cc1ccc(Cl)c(Cl)c1)c1ccco1. The number of nitrogens with zero attached hydrogens (tertiary/aromatic N) is 1. The normalized spacial score (nSPS) is 10.8. The second-order valence-electron chi connectivity index (χ2n) is 3.35. The van der Waals surface area contributed by atoms with Crippen LogP contribution in [0.4, 0.5) is 0 Å². The molecule has 2 aromatic rings. The molecular formula is C12H8Cl2N2O2. The molecule has 1 heterocycles. The molecule has 18 heavy (non-hydrogen) atoms. The number of halogens is 2. The molecule has 0 radical (unpaired) electrons. The molecule has 6 heteroatoms. The molecule has 0 unspecified atom stereocenters. The third-order valence-electron chi connectivity index (χ3n) is 2.07. The number of hydrogen-bond donors (Lipinski definition) is 1. The quantitative estimate of drug-likeness (QED) is 0.693. The van der Waals surface area contributed by atoms with Gasteiger partial charge < -0.3 is 4.42 Å². The summed E-state index contributed by atoms with van der Waals surface area (Å²) in [5.74, 6) is -0.224. The lowest BCUT2D eigenvalue weighted by Gasteiger charge is -1.98. The van der Waals surface area contributed by atoms with Crippen LogP contribution in [0.5, 0.6) is 0 Å². The van der Waals surface area contributed by atoms with E-state index in [1.807, 2.05) is 0 Å². The summed E-state index contributed by atoms with van der Waals surface area (Å²) in [4.78, 5) is 11.5. The molecule has 2 rings (SSSR count). The number of amides is 1. The van der Waals surface area contributed by atoms with Crippen molar-refractivity contribution in [3.63, 3.8) is 0 Å². The molecule has 0 aliphatic heterocycles. The Morgan fingerprint density at radius 3 is 2.78 bits per heavy atom. The predicted octanol–water partition coefficient (Wildman–Crippen LogP) is 3.35. The summed E-state index contributed by atoms with van der Waals surface area (Å²) in [5.41, 5.74) is 3.05. The average molecular weight is 283 g/mol. The Morgan fingerprint density at radius 2 is 2.11 bits per heavy atom. The molecule has 0 spiro atoms. The van der Waals surface area contributed by atoms with Gasteiger partial charge in [0.05, 0.1) is 22.5 Å². The summed E-state index contributed by atoms with van der Waals surface area (Å²) in [7, 11) is 0. The molecule has 1 aromatic heterocycles. The van der Waals surface area contributed by atoms with Gasteiger partial charge in [-0.25, -0.2) is 5.43 Å². The number of furan rings is 1. The van der Waals surface area contributed by atoms with Crippen molar-refractivity contribution in [3.05, 3.63) is 58.0 Å². The zero-order valence-electron chi connectivity index (χ0n) is 9.06. The summed E-state index contributed by atoms with van der Waals surface area (Å²) < 4.78 is 4.91. The number of benzene rings is 1. The molecular weight excluding hydrogens is 275 g/mol. The van der Waals surface area contributed by atoms with Gasteiger partial charge in [0.1, 0.15) is 0 Å². The maximum absolute atomic E-state index is 11.5. The summed E-state index contributed by atoms with van der Waals surface area (Å²) in [6.45, 7) is 0. The number of nitrogens with one attached hydrogen (secondary N) is 1. The molecule has 0 saturated heterocycles. The lowest BCUT2D eigenvalue weighted by Crippen LogP contribution is -2.16. The minimum absolute atomic E-state index is 0.196. The van der Waals surface area contributed by atoms with E-state index in [0.717, 1.165) is 5.56 Å². The Balaban J connectivity index is 1.99. The minimum Gasteiger partial charge on any atom is -0.459 e. The van der Waals surface area contributed by atoms with Crippen LogP contribution in [0.15, 0.2) is 46.1 Å². The van der Waals surface area contributed by atoms with Crippen molar-refractivity contribution >= 4 is 35.3 Å². The van der Waals surface area contributed by atoms with Gasteiger partial charge in [0, 0.05) is 0 Å². The fourth-order valence-corrected chi connectivity index (χ4v) is 1.53. The van der Waals surface area contributed by atoms with Crippen molar-refractivity contribution in [2.24, 2.45) is 5.10 Å². The molecule has 92 valence electrons. The van der Waals surface area contributed by atoms with E-state index < -0.39 is 5.91 Å². The van der Waals surface area contributed by atoms with E-state index in [0.29, 0.717) is 10.0 Å². The Hall–Kier alpha value is -1.78. The maximum atomic E-state index is 11.5. The topological polar surface area (TPSA) is 54.6 Å². The molecule has 1 aromatic carbocycles. The molecule has 1 N–H and O–H groups in total. The average Bonchev–Trinajstić information content (AvgIpc) is 2.87. The maximum Gasteiger partial charge on any atom is 0.307 e. The molecule has 0 aliphatic rings. The van der Waals surface area contributed by atoms with E-state index in [9.17, 15) is 4.79 Å². The second-order valence-corrected chi connectivity index (χ2v) is 4.16. The highest BCUT2D eigenvalue weighted by molar-refractivity contribution is 6.42. The van der Waals surface area contributed by atoms with Crippen molar-refractivity contribution < 1.29 is 9.21 Å². The van der Waals surface area contributed by atoms with Crippen LogP contribution < -0.4 is 5.43 Å². The predicted molar refractivity (Wildman–Crippen MR) is 70.2 cm³/mol. The van der Waals surface area contributed by atoms with Gasteiger partial charge >= 0.3 is 5.91 Å². The first-order chi connectivity index (χ1) is 8.66. The number of rotatable bonds is 3. The first-order valence-electron chi connectivity index (χ1n) is 4.99. The van der Waals surface area contributed by atoms with Gasteiger partial charge in [0.25, 0.3) is 0 Å². The number of hydrogen-bond acceptors (Lipinski definition) is 3. The van der Waals surface area contributed by atoms with Crippen LogP contribution in [-0.4, -0.2) is 12.1 Å². The molecule has 0 aliphatic carbocycles. The first-order valence-corrected chi connectivity index (χ1v) is 5.74. The largest absolute Gasteiger partial charge is 0.459 e. The second kappa shape index (κ2) is 5.71. The van der Waals surface area contributed by atoms with Gasteiger partial charge in [0.2, 0.25) is 0 Å².